The molecular weight excluding hydrogens is 274 g/mol. The maximum Gasteiger partial charge on any atom is 0.335 e. The minimum atomic E-state index is -3.25. The smallest absolute Gasteiger partial charge is 0.335 e. The molecule has 0 amide bonds. The third-order valence-corrected chi connectivity index (χ3v) is 2.86. The van der Waals surface area contributed by atoms with E-state index in [0.717, 1.165) is 6.26 Å². The summed E-state index contributed by atoms with van der Waals surface area (Å²) in [6.45, 7) is 0.221. The second-order valence-corrected chi connectivity index (χ2v) is 5.52. The van der Waals surface area contributed by atoms with Crippen LogP contribution in [0.25, 0.3) is 0 Å². The lowest BCUT2D eigenvalue weighted by Gasteiger charge is -2.11. The van der Waals surface area contributed by atoms with Crippen LogP contribution in [-0.2, 0) is 10.0 Å². The zero-order valence-electron chi connectivity index (χ0n) is 10.5. The monoisotopic (exact) mass is 289 g/mol. The number of ether oxygens (including phenoxy) is 2. The van der Waals surface area contributed by atoms with Gasteiger partial charge in [0.2, 0.25) is 10.0 Å². The molecule has 0 aliphatic heterocycles. The van der Waals surface area contributed by atoms with Gasteiger partial charge in [0.05, 0.1) is 18.9 Å². The molecule has 1 aromatic rings. The molecule has 0 bridgehead atoms. The first kappa shape index (κ1) is 15.3. The van der Waals surface area contributed by atoms with E-state index in [0.29, 0.717) is 5.75 Å². The van der Waals surface area contributed by atoms with Crippen molar-refractivity contribution in [3.63, 3.8) is 0 Å². The minimum absolute atomic E-state index is 0.0819. The summed E-state index contributed by atoms with van der Waals surface area (Å²) in [5.41, 5.74) is 0.0819. The second kappa shape index (κ2) is 6.39. The number of aromatic carboxylic acids is 1. The topological polar surface area (TPSA) is 102 Å². The molecule has 0 aliphatic rings. The van der Waals surface area contributed by atoms with Crippen LogP contribution in [0, 0.1) is 0 Å². The van der Waals surface area contributed by atoms with Crippen LogP contribution in [0.15, 0.2) is 18.2 Å². The summed E-state index contributed by atoms with van der Waals surface area (Å²) in [4.78, 5) is 10.8. The average Bonchev–Trinajstić information content (AvgIpc) is 2.33. The van der Waals surface area contributed by atoms with Gasteiger partial charge in [-0.05, 0) is 18.2 Å². The van der Waals surface area contributed by atoms with E-state index in [2.05, 4.69) is 4.72 Å². The summed E-state index contributed by atoms with van der Waals surface area (Å²) >= 11 is 0. The highest BCUT2D eigenvalue weighted by atomic mass is 32.2. The van der Waals surface area contributed by atoms with Crippen LogP contribution in [0.4, 0.5) is 0 Å². The third kappa shape index (κ3) is 5.14. The Balaban J connectivity index is 2.66. The highest BCUT2D eigenvalue weighted by Gasteiger charge is 2.10. The van der Waals surface area contributed by atoms with Crippen molar-refractivity contribution in [2.24, 2.45) is 0 Å². The maximum absolute atomic E-state index is 10.8. The van der Waals surface area contributed by atoms with Gasteiger partial charge in [-0.25, -0.2) is 17.9 Å². The average molecular weight is 289 g/mol. The van der Waals surface area contributed by atoms with Crippen molar-refractivity contribution in [2.75, 3.05) is 26.5 Å². The van der Waals surface area contributed by atoms with E-state index in [1.807, 2.05) is 0 Å². The van der Waals surface area contributed by atoms with Crippen LogP contribution in [-0.4, -0.2) is 46.0 Å². The van der Waals surface area contributed by atoms with Gasteiger partial charge in [-0.1, -0.05) is 0 Å². The number of sulfonamides is 1. The Bertz CT molecular complexity index is 554. The maximum atomic E-state index is 10.8. The Morgan fingerprint density at radius 3 is 2.58 bits per heavy atom. The lowest BCUT2D eigenvalue weighted by atomic mass is 10.2. The van der Waals surface area contributed by atoms with Gasteiger partial charge in [-0.15, -0.1) is 0 Å². The molecule has 19 heavy (non-hydrogen) atoms. The Kier molecular flexibility index (Phi) is 5.13. The molecule has 0 saturated carbocycles. The van der Waals surface area contributed by atoms with Crippen LogP contribution < -0.4 is 14.2 Å². The lowest BCUT2D eigenvalue weighted by molar-refractivity contribution is 0.0696. The van der Waals surface area contributed by atoms with Gasteiger partial charge in [-0.2, -0.15) is 0 Å². The molecule has 106 valence electrons. The van der Waals surface area contributed by atoms with Gasteiger partial charge < -0.3 is 14.6 Å². The van der Waals surface area contributed by atoms with Gasteiger partial charge in [0.1, 0.15) is 6.61 Å². The molecule has 8 heteroatoms. The highest BCUT2D eigenvalue weighted by molar-refractivity contribution is 7.88. The second-order valence-electron chi connectivity index (χ2n) is 3.69. The molecule has 0 fully saturated rings. The number of rotatable bonds is 7. The number of carboxylic acids is 1. The summed E-state index contributed by atoms with van der Waals surface area (Å²) < 4.78 is 34.2. The molecular formula is C11H15NO6S. The first-order valence-electron chi connectivity index (χ1n) is 5.32. The number of hydrogen-bond acceptors (Lipinski definition) is 5. The number of carbonyl (C=O) groups is 1. The molecule has 0 heterocycles. The molecule has 0 aromatic heterocycles. The zero-order chi connectivity index (χ0) is 14.5. The number of benzene rings is 1. The molecule has 0 saturated heterocycles. The van der Waals surface area contributed by atoms with Gasteiger partial charge in [0, 0.05) is 6.54 Å². The largest absolute Gasteiger partial charge is 0.493 e. The van der Waals surface area contributed by atoms with E-state index in [1.54, 1.807) is 0 Å². The van der Waals surface area contributed by atoms with E-state index in [1.165, 1.54) is 25.3 Å². The Labute approximate surface area is 111 Å². The number of methoxy groups -OCH3 is 1. The SMILES string of the molecule is COc1cc(C(=O)O)ccc1OCCNS(C)(=O)=O. The number of carboxylic acid groups (broad SMARTS) is 1. The molecule has 0 aliphatic carbocycles. The molecule has 0 unspecified atom stereocenters. The third-order valence-electron chi connectivity index (χ3n) is 2.13. The fraction of sp³-hybridized carbons (Fsp3) is 0.364. The van der Waals surface area contributed by atoms with Gasteiger partial charge in [0.15, 0.2) is 11.5 Å². The van der Waals surface area contributed by atoms with Crippen molar-refractivity contribution < 1.29 is 27.8 Å². The fourth-order valence-corrected chi connectivity index (χ4v) is 1.76. The van der Waals surface area contributed by atoms with E-state index in [4.69, 9.17) is 14.6 Å². The Hall–Kier alpha value is -1.80. The minimum Gasteiger partial charge on any atom is -0.493 e. The van der Waals surface area contributed by atoms with E-state index in [-0.39, 0.29) is 24.5 Å². The molecule has 1 rings (SSSR count). The van der Waals surface area contributed by atoms with Crippen LogP contribution in [0.1, 0.15) is 10.4 Å². The summed E-state index contributed by atoms with van der Waals surface area (Å²) in [6.07, 6.45) is 1.05. The van der Waals surface area contributed by atoms with Gasteiger partial charge >= 0.3 is 5.97 Å². The van der Waals surface area contributed by atoms with Crippen LogP contribution in [0.3, 0.4) is 0 Å². The van der Waals surface area contributed by atoms with Gasteiger partial charge in [0.25, 0.3) is 0 Å². The fourth-order valence-electron chi connectivity index (χ4n) is 1.31. The van der Waals surface area contributed by atoms with E-state index < -0.39 is 16.0 Å². The van der Waals surface area contributed by atoms with Crippen molar-refractivity contribution >= 4 is 16.0 Å². The zero-order valence-corrected chi connectivity index (χ0v) is 11.4. The van der Waals surface area contributed by atoms with Crippen LogP contribution >= 0.6 is 0 Å². The Morgan fingerprint density at radius 2 is 2.05 bits per heavy atom. The van der Waals surface area contributed by atoms with Crippen molar-refractivity contribution in [1.82, 2.24) is 4.72 Å². The predicted molar refractivity (Wildman–Crippen MR) is 68.3 cm³/mol. The normalized spacial score (nSPS) is 11.1. The predicted octanol–water partition coefficient (Wildman–Crippen LogP) is 0.321. The molecule has 0 radical (unpaired) electrons. The summed E-state index contributed by atoms with van der Waals surface area (Å²) in [5, 5.41) is 8.83. The van der Waals surface area contributed by atoms with E-state index >= 15 is 0 Å². The standard InChI is InChI=1S/C11H15NO6S/c1-17-10-7-8(11(13)14)3-4-9(10)18-6-5-12-19(2,15)16/h3-4,7,12H,5-6H2,1-2H3,(H,13,14). The van der Waals surface area contributed by atoms with Crippen molar-refractivity contribution in [3.05, 3.63) is 23.8 Å². The molecule has 0 atom stereocenters. The lowest BCUT2D eigenvalue weighted by Crippen LogP contribution is -2.26. The van der Waals surface area contributed by atoms with Crippen molar-refractivity contribution in [3.8, 4) is 11.5 Å². The van der Waals surface area contributed by atoms with E-state index in [9.17, 15) is 13.2 Å². The van der Waals surface area contributed by atoms with Crippen LogP contribution in [0.2, 0.25) is 0 Å². The summed E-state index contributed by atoms with van der Waals surface area (Å²) in [5.74, 6) is -0.439. The van der Waals surface area contributed by atoms with Crippen LogP contribution in [0.5, 0.6) is 11.5 Å². The quantitative estimate of drug-likeness (QED) is 0.701. The molecule has 0 spiro atoms. The van der Waals surface area contributed by atoms with Crippen molar-refractivity contribution in [2.45, 2.75) is 0 Å². The Morgan fingerprint density at radius 1 is 1.37 bits per heavy atom. The number of nitrogens with one attached hydrogen (secondary N) is 1. The molecule has 7 nitrogen and oxygen atoms in total. The summed E-state index contributed by atoms with van der Waals surface area (Å²) in [6, 6.07) is 4.18. The molecule has 1 aromatic carbocycles. The number of hydrogen-bond donors (Lipinski definition) is 2. The first-order chi connectivity index (χ1) is 8.83. The molecule has 2 N–H and O–H groups in total. The van der Waals surface area contributed by atoms with Gasteiger partial charge in [-0.3, -0.25) is 0 Å². The first-order valence-corrected chi connectivity index (χ1v) is 7.21. The van der Waals surface area contributed by atoms with Crippen molar-refractivity contribution in [1.29, 1.82) is 0 Å². The summed E-state index contributed by atoms with van der Waals surface area (Å²) in [7, 11) is -1.86. The highest BCUT2D eigenvalue weighted by Crippen LogP contribution is 2.27.